The van der Waals surface area contributed by atoms with Gasteiger partial charge in [0.15, 0.2) is 5.75 Å². The summed E-state index contributed by atoms with van der Waals surface area (Å²) in [6.07, 6.45) is 3.12. The minimum Gasteiger partial charge on any atom is -0.487 e. The van der Waals surface area contributed by atoms with Crippen LogP contribution in [-0.4, -0.2) is 32.3 Å². The normalized spacial score (nSPS) is 15.6. The Balaban J connectivity index is 1.57. The Kier molecular flexibility index (Phi) is 7.57. The molecule has 0 saturated carbocycles. The summed E-state index contributed by atoms with van der Waals surface area (Å²) >= 11 is 6.26. The van der Waals surface area contributed by atoms with Gasteiger partial charge >= 0.3 is 0 Å². The maximum Gasteiger partial charge on any atom is 0.239 e. The molecule has 0 aliphatic heterocycles. The van der Waals surface area contributed by atoms with E-state index in [0.29, 0.717) is 36.3 Å². The van der Waals surface area contributed by atoms with Gasteiger partial charge in [-0.15, -0.1) is 0 Å². The van der Waals surface area contributed by atoms with Gasteiger partial charge in [-0.2, -0.15) is 0 Å². The van der Waals surface area contributed by atoms with E-state index in [0.717, 1.165) is 19.3 Å². The number of rotatable bonds is 9. The zero-order valence-electron chi connectivity index (χ0n) is 16.2. The Bertz CT molecular complexity index is 797. The van der Waals surface area contributed by atoms with Gasteiger partial charge in [0.1, 0.15) is 6.61 Å². The Labute approximate surface area is 171 Å². The molecule has 28 heavy (non-hydrogen) atoms. The fraction of sp³-hybridized carbons (Fsp3) is 0.409. The van der Waals surface area contributed by atoms with Gasteiger partial charge in [-0.05, 0) is 49.4 Å². The third kappa shape index (κ3) is 5.40. The fourth-order valence-electron chi connectivity index (χ4n) is 3.47. The van der Waals surface area contributed by atoms with Gasteiger partial charge in [0.25, 0.3) is 0 Å². The van der Waals surface area contributed by atoms with Gasteiger partial charge in [-0.1, -0.05) is 41.9 Å². The molecule has 1 aliphatic carbocycles. The van der Waals surface area contributed by atoms with Gasteiger partial charge in [0, 0.05) is 6.61 Å². The second kappa shape index (κ2) is 10.3. The van der Waals surface area contributed by atoms with E-state index < -0.39 is 0 Å². The number of fused-ring (bicyclic) bond motifs is 1. The van der Waals surface area contributed by atoms with Crippen molar-refractivity contribution in [3.8, 4) is 5.75 Å². The zero-order valence-corrected chi connectivity index (χ0v) is 16.9. The maximum absolute atomic E-state index is 12.5. The van der Waals surface area contributed by atoms with Crippen LogP contribution in [0.25, 0.3) is 0 Å². The SMILES string of the molecule is CCOCCOc1c(Cl)cccc1NCC(=O)NC1CCCc2ccccc21. The van der Waals surface area contributed by atoms with Gasteiger partial charge in [-0.3, -0.25) is 4.79 Å². The lowest BCUT2D eigenvalue weighted by Crippen LogP contribution is -2.35. The first-order valence-electron chi connectivity index (χ1n) is 9.79. The summed E-state index contributed by atoms with van der Waals surface area (Å²) in [4.78, 5) is 12.5. The number of nitrogens with one attached hydrogen (secondary N) is 2. The smallest absolute Gasteiger partial charge is 0.239 e. The lowest BCUT2D eigenvalue weighted by atomic mass is 9.88. The predicted molar refractivity (Wildman–Crippen MR) is 112 cm³/mol. The Morgan fingerprint density at radius 1 is 1.18 bits per heavy atom. The topological polar surface area (TPSA) is 59.6 Å². The first-order chi connectivity index (χ1) is 13.7. The van der Waals surface area contributed by atoms with Crippen LogP contribution in [0.15, 0.2) is 42.5 Å². The van der Waals surface area contributed by atoms with E-state index >= 15 is 0 Å². The molecule has 2 N–H and O–H groups in total. The molecule has 1 atom stereocenters. The quantitative estimate of drug-likeness (QED) is 0.612. The number of ether oxygens (including phenoxy) is 2. The number of anilines is 1. The molecule has 3 rings (SSSR count). The number of hydrogen-bond acceptors (Lipinski definition) is 4. The lowest BCUT2D eigenvalue weighted by molar-refractivity contribution is -0.120. The van der Waals surface area contributed by atoms with Crippen LogP contribution in [0.1, 0.15) is 36.9 Å². The third-order valence-electron chi connectivity index (χ3n) is 4.79. The van der Waals surface area contributed by atoms with Gasteiger partial charge in [0.2, 0.25) is 5.91 Å². The predicted octanol–water partition coefficient (Wildman–Crippen LogP) is 4.36. The number of para-hydroxylation sites is 1. The number of halogens is 1. The van der Waals surface area contributed by atoms with Gasteiger partial charge in [-0.25, -0.2) is 0 Å². The van der Waals surface area contributed by atoms with E-state index in [1.165, 1.54) is 11.1 Å². The van der Waals surface area contributed by atoms with Crippen molar-refractivity contribution < 1.29 is 14.3 Å². The highest BCUT2D eigenvalue weighted by Crippen LogP contribution is 2.33. The molecule has 5 nitrogen and oxygen atoms in total. The summed E-state index contributed by atoms with van der Waals surface area (Å²) in [5.74, 6) is 0.488. The van der Waals surface area contributed by atoms with Crippen molar-refractivity contribution >= 4 is 23.2 Å². The van der Waals surface area contributed by atoms with E-state index in [1.54, 1.807) is 6.07 Å². The average molecular weight is 403 g/mol. The molecule has 6 heteroatoms. The van der Waals surface area contributed by atoms with Crippen molar-refractivity contribution in [2.45, 2.75) is 32.2 Å². The Morgan fingerprint density at radius 2 is 2.04 bits per heavy atom. The van der Waals surface area contributed by atoms with Crippen LogP contribution in [-0.2, 0) is 16.0 Å². The molecule has 0 heterocycles. The lowest BCUT2D eigenvalue weighted by Gasteiger charge is -2.26. The molecule has 0 radical (unpaired) electrons. The standard InChI is InChI=1S/C22H27ClN2O3/c1-2-27-13-14-28-22-18(23)10-6-12-20(22)24-15-21(26)25-19-11-5-8-16-7-3-4-9-17(16)19/h3-4,6-7,9-10,12,19,24H,2,5,8,11,13-15H2,1H3,(H,25,26). The minimum atomic E-state index is -0.0538. The summed E-state index contributed by atoms with van der Waals surface area (Å²) in [6, 6.07) is 13.8. The summed E-state index contributed by atoms with van der Waals surface area (Å²) in [7, 11) is 0. The van der Waals surface area contributed by atoms with Crippen molar-refractivity contribution in [3.05, 3.63) is 58.6 Å². The summed E-state index contributed by atoms with van der Waals surface area (Å²) in [5.41, 5.74) is 3.25. The van der Waals surface area contributed by atoms with Crippen molar-refractivity contribution in [1.29, 1.82) is 0 Å². The molecule has 1 amide bonds. The van der Waals surface area contributed by atoms with Crippen molar-refractivity contribution in [1.82, 2.24) is 5.32 Å². The molecule has 1 unspecified atom stereocenters. The first kappa shape index (κ1) is 20.5. The highest BCUT2D eigenvalue weighted by molar-refractivity contribution is 6.32. The maximum atomic E-state index is 12.5. The van der Waals surface area contributed by atoms with Crippen LogP contribution in [0, 0.1) is 0 Å². The third-order valence-corrected chi connectivity index (χ3v) is 5.09. The van der Waals surface area contributed by atoms with Gasteiger partial charge < -0.3 is 20.1 Å². The van der Waals surface area contributed by atoms with Crippen LogP contribution in [0.3, 0.4) is 0 Å². The van der Waals surface area contributed by atoms with Crippen molar-refractivity contribution in [3.63, 3.8) is 0 Å². The fourth-order valence-corrected chi connectivity index (χ4v) is 3.70. The van der Waals surface area contributed by atoms with Crippen molar-refractivity contribution in [2.75, 3.05) is 31.7 Å². The molecule has 0 bridgehead atoms. The highest BCUT2D eigenvalue weighted by Gasteiger charge is 2.21. The molecule has 2 aromatic rings. The molecular weight excluding hydrogens is 376 g/mol. The molecule has 150 valence electrons. The van der Waals surface area contributed by atoms with E-state index in [-0.39, 0.29) is 18.5 Å². The molecule has 0 aromatic heterocycles. The number of aryl methyl sites for hydroxylation is 1. The Hall–Kier alpha value is -2.24. The van der Waals surface area contributed by atoms with Crippen molar-refractivity contribution in [2.24, 2.45) is 0 Å². The minimum absolute atomic E-state index is 0.0538. The van der Waals surface area contributed by atoms with E-state index in [2.05, 4.69) is 28.8 Å². The largest absolute Gasteiger partial charge is 0.487 e. The second-order valence-electron chi connectivity index (χ2n) is 6.73. The number of carbonyl (C=O) groups excluding carboxylic acids is 1. The number of benzene rings is 2. The molecule has 0 spiro atoms. The second-order valence-corrected chi connectivity index (χ2v) is 7.13. The van der Waals surface area contributed by atoms with Crippen LogP contribution in [0.2, 0.25) is 5.02 Å². The van der Waals surface area contributed by atoms with E-state index in [9.17, 15) is 4.79 Å². The first-order valence-corrected chi connectivity index (χ1v) is 10.2. The zero-order chi connectivity index (χ0) is 19.8. The summed E-state index contributed by atoms with van der Waals surface area (Å²) in [5, 5.41) is 6.79. The van der Waals surface area contributed by atoms with Gasteiger partial charge in [0.05, 0.1) is 29.9 Å². The van der Waals surface area contributed by atoms with E-state index in [1.807, 2.05) is 25.1 Å². The Morgan fingerprint density at radius 3 is 2.89 bits per heavy atom. The monoisotopic (exact) mass is 402 g/mol. The number of carbonyl (C=O) groups is 1. The van der Waals surface area contributed by atoms with Crippen LogP contribution >= 0.6 is 11.6 Å². The van der Waals surface area contributed by atoms with Crippen LogP contribution < -0.4 is 15.4 Å². The molecule has 0 saturated heterocycles. The molecule has 1 aliphatic rings. The molecule has 0 fully saturated rings. The summed E-state index contributed by atoms with van der Waals surface area (Å²) < 4.78 is 11.0. The van der Waals surface area contributed by atoms with Crippen LogP contribution in [0.5, 0.6) is 5.75 Å². The average Bonchev–Trinajstić information content (AvgIpc) is 2.71. The van der Waals surface area contributed by atoms with Crippen LogP contribution in [0.4, 0.5) is 5.69 Å². The molecular formula is C22H27ClN2O3. The molecule has 2 aromatic carbocycles. The number of hydrogen-bond donors (Lipinski definition) is 2. The number of amides is 1. The van der Waals surface area contributed by atoms with E-state index in [4.69, 9.17) is 21.1 Å². The summed E-state index contributed by atoms with van der Waals surface area (Å²) in [6.45, 7) is 3.62. The highest BCUT2D eigenvalue weighted by atomic mass is 35.5.